The van der Waals surface area contributed by atoms with Gasteiger partial charge in [0.1, 0.15) is 11.6 Å². The minimum Gasteiger partial charge on any atom is -0.494 e. The average molecular weight is 245 g/mol. The molecule has 0 bridgehead atoms. The minimum atomic E-state index is 0.769. The van der Waals surface area contributed by atoms with E-state index in [1.54, 1.807) is 4.68 Å². The molecule has 0 spiro atoms. The predicted octanol–water partition coefficient (Wildman–Crippen LogP) is 2.82. The molecule has 0 atom stereocenters. The van der Waals surface area contributed by atoms with Crippen molar-refractivity contribution < 1.29 is 4.74 Å². The lowest BCUT2D eigenvalue weighted by atomic mass is 10.2. The van der Waals surface area contributed by atoms with Crippen molar-refractivity contribution in [2.75, 3.05) is 11.9 Å². The maximum Gasteiger partial charge on any atom is 0.148 e. The van der Waals surface area contributed by atoms with Gasteiger partial charge in [0, 0.05) is 25.9 Å². The molecule has 96 valence electrons. The molecule has 0 aliphatic heterocycles. The third kappa shape index (κ3) is 3.52. The zero-order chi connectivity index (χ0) is 12.8. The third-order valence-corrected chi connectivity index (χ3v) is 2.58. The molecule has 0 saturated heterocycles. The van der Waals surface area contributed by atoms with Crippen molar-refractivity contribution in [1.82, 2.24) is 9.78 Å². The lowest BCUT2D eigenvalue weighted by Gasteiger charge is -2.06. The summed E-state index contributed by atoms with van der Waals surface area (Å²) < 4.78 is 7.32. The van der Waals surface area contributed by atoms with Gasteiger partial charge in [0.15, 0.2) is 0 Å². The summed E-state index contributed by atoms with van der Waals surface area (Å²) in [4.78, 5) is 0. The summed E-state index contributed by atoms with van der Waals surface area (Å²) in [5.74, 6) is 1.82. The van der Waals surface area contributed by atoms with Gasteiger partial charge in [-0.05, 0) is 24.1 Å². The number of aromatic nitrogens is 2. The average Bonchev–Trinajstić information content (AvgIpc) is 2.81. The van der Waals surface area contributed by atoms with Gasteiger partial charge >= 0.3 is 0 Å². The molecule has 1 heterocycles. The summed E-state index contributed by atoms with van der Waals surface area (Å²) in [6, 6.07) is 10.1. The van der Waals surface area contributed by atoms with Crippen LogP contribution in [-0.4, -0.2) is 16.4 Å². The van der Waals surface area contributed by atoms with E-state index in [2.05, 4.69) is 29.5 Å². The van der Waals surface area contributed by atoms with Crippen LogP contribution in [0.25, 0.3) is 0 Å². The molecule has 0 radical (unpaired) electrons. The Morgan fingerprint density at radius 2 is 2.00 bits per heavy atom. The Kier molecular flexibility index (Phi) is 4.23. The van der Waals surface area contributed by atoms with Gasteiger partial charge < -0.3 is 10.1 Å². The van der Waals surface area contributed by atoms with Gasteiger partial charge in [-0.1, -0.05) is 19.1 Å². The van der Waals surface area contributed by atoms with Gasteiger partial charge in [0.2, 0.25) is 0 Å². The Balaban J connectivity index is 1.86. The largest absolute Gasteiger partial charge is 0.494 e. The summed E-state index contributed by atoms with van der Waals surface area (Å²) in [7, 11) is 1.91. The van der Waals surface area contributed by atoms with Gasteiger partial charge in [0.05, 0.1) is 6.61 Å². The van der Waals surface area contributed by atoms with Crippen molar-refractivity contribution in [3.05, 3.63) is 42.1 Å². The van der Waals surface area contributed by atoms with Gasteiger partial charge in [-0.2, -0.15) is 5.10 Å². The van der Waals surface area contributed by atoms with Crippen molar-refractivity contribution >= 4 is 5.82 Å². The molecule has 0 amide bonds. The first-order valence-corrected chi connectivity index (χ1v) is 6.23. The van der Waals surface area contributed by atoms with E-state index in [4.69, 9.17) is 4.74 Å². The maximum absolute atomic E-state index is 5.54. The van der Waals surface area contributed by atoms with Crippen molar-refractivity contribution in [3.63, 3.8) is 0 Å². The molecule has 1 aromatic heterocycles. The predicted molar refractivity (Wildman–Crippen MR) is 72.8 cm³/mol. The molecule has 1 aromatic carbocycles. The van der Waals surface area contributed by atoms with Gasteiger partial charge in [0.25, 0.3) is 0 Å². The Morgan fingerprint density at radius 3 is 2.61 bits per heavy atom. The molecule has 0 unspecified atom stereocenters. The molecule has 0 saturated carbocycles. The second kappa shape index (κ2) is 6.10. The van der Waals surface area contributed by atoms with Crippen LogP contribution in [0.4, 0.5) is 5.82 Å². The van der Waals surface area contributed by atoms with E-state index >= 15 is 0 Å². The van der Waals surface area contributed by atoms with Gasteiger partial charge in [-0.3, -0.25) is 4.68 Å². The molecule has 18 heavy (non-hydrogen) atoms. The quantitative estimate of drug-likeness (QED) is 0.850. The molecule has 0 aliphatic rings. The molecule has 4 nitrogen and oxygen atoms in total. The summed E-state index contributed by atoms with van der Waals surface area (Å²) in [5.41, 5.74) is 1.21. The smallest absolute Gasteiger partial charge is 0.148 e. The number of nitrogens with zero attached hydrogens (tertiary/aromatic N) is 2. The van der Waals surface area contributed by atoms with Crippen LogP contribution >= 0.6 is 0 Å². The summed E-state index contributed by atoms with van der Waals surface area (Å²) in [6.45, 7) is 3.64. The van der Waals surface area contributed by atoms with Crippen LogP contribution < -0.4 is 10.1 Å². The van der Waals surface area contributed by atoms with E-state index < -0.39 is 0 Å². The van der Waals surface area contributed by atoms with Crippen LogP contribution in [-0.2, 0) is 13.6 Å². The topological polar surface area (TPSA) is 39.1 Å². The fourth-order valence-electron chi connectivity index (χ4n) is 1.63. The Morgan fingerprint density at radius 1 is 1.22 bits per heavy atom. The number of anilines is 1. The lowest BCUT2D eigenvalue weighted by Crippen LogP contribution is -2.01. The molecule has 0 aliphatic carbocycles. The van der Waals surface area contributed by atoms with Crippen molar-refractivity contribution in [3.8, 4) is 5.75 Å². The van der Waals surface area contributed by atoms with E-state index in [9.17, 15) is 0 Å². The lowest BCUT2D eigenvalue weighted by molar-refractivity contribution is 0.317. The maximum atomic E-state index is 5.54. The SMILES string of the molecule is CCCOc1ccc(CNc2ccn(C)n2)cc1. The van der Waals surface area contributed by atoms with E-state index in [-0.39, 0.29) is 0 Å². The van der Waals surface area contributed by atoms with Crippen LogP contribution in [0.5, 0.6) is 5.75 Å². The van der Waals surface area contributed by atoms with Gasteiger partial charge in [-0.15, -0.1) is 0 Å². The number of benzene rings is 1. The first-order chi connectivity index (χ1) is 8.78. The normalized spacial score (nSPS) is 10.3. The third-order valence-electron chi connectivity index (χ3n) is 2.58. The monoisotopic (exact) mass is 245 g/mol. The van der Waals surface area contributed by atoms with Gasteiger partial charge in [-0.25, -0.2) is 0 Å². The highest BCUT2D eigenvalue weighted by Crippen LogP contribution is 2.13. The molecule has 0 fully saturated rings. The highest BCUT2D eigenvalue weighted by atomic mass is 16.5. The second-order valence-electron chi connectivity index (χ2n) is 4.22. The highest BCUT2D eigenvalue weighted by Gasteiger charge is 1.98. The van der Waals surface area contributed by atoms with E-state index in [0.717, 1.165) is 31.1 Å². The Labute approximate surface area is 108 Å². The van der Waals surface area contributed by atoms with Crippen molar-refractivity contribution in [2.45, 2.75) is 19.9 Å². The van der Waals surface area contributed by atoms with Crippen LogP contribution in [0, 0.1) is 0 Å². The Hall–Kier alpha value is -1.97. The molecule has 1 N–H and O–H groups in total. The number of aryl methyl sites for hydroxylation is 1. The van der Waals surface area contributed by atoms with Crippen molar-refractivity contribution in [1.29, 1.82) is 0 Å². The number of nitrogens with one attached hydrogen (secondary N) is 1. The summed E-state index contributed by atoms with van der Waals surface area (Å²) in [5, 5.41) is 7.54. The van der Waals surface area contributed by atoms with Crippen LogP contribution in [0.1, 0.15) is 18.9 Å². The Bertz CT molecular complexity index is 476. The van der Waals surface area contributed by atoms with E-state index in [1.165, 1.54) is 5.56 Å². The molecule has 2 aromatic rings. The van der Waals surface area contributed by atoms with E-state index in [0.29, 0.717) is 0 Å². The zero-order valence-corrected chi connectivity index (χ0v) is 10.9. The molecular formula is C14H19N3O. The second-order valence-corrected chi connectivity index (χ2v) is 4.22. The van der Waals surface area contributed by atoms with Crippen LogP contribution in [0.3, 0.4) is 0 Å². The van der Waals surface area contributed by atoms with Crippen LogP contribution in [0.2, 0.25) is 0 Å². The summed E-state index contributed by atoms with van der Waals surface area (Å²) in [6.07, 6.45) is 2.95. The number of hydrogen-bond donors (Lipinski definition) is 1. The standard InChI is InChI=1S/C14H19N3O/c1-3-10-18-13-6-4-12(5-7-13)11-15-14-8-9-17(2)16-14/h4-9H,3,10-11H2,1-2H3,(H,15,16). The van der Waals surface area contributed by atoms with E-state index in [1.807, 2.05) is 31.4 Å². The first kappa shape index (κ1) is 12.5. The zero-order valence-electron chi connectivity index (χ0n) is 10.9. The number of rotatable bonds is 6. The highest BCUT2D eigenvalue weighted by molar-refractivity contribution is 5.35. The number of hydrogen-bond acceptors (Lipinski definition) is 3. The van der Waals surface area contributed by atoms with Crippen molar-refractivity contribution in [2.24, 2.45) is 7.05 Å². The number of ether oxygens (including phenoxy) is 1. The summed E-state index contributed by atoms with van der Waals surface area (Å²) >= 11 is 0. The molecule has 2 rings (SSSR count). The molecule has 4 heteroatoms. The molecular weight excluding hydrogens is 226 g/mol. The minimum absolute atomic E-state index is 0.769. The fourth-order valence-corrected chi connectivity index (χ4v) is 1.63. The first-order valence-electron chi connectivity index (χ1n) is 6.23. The van der Waals surface area contributed by atoms with Crippen LogP contribution in [0.15, 0.2) is 36.5 Å². The fraction of sp³-hybridized carbons (Fsp3) is 0.357.